The largest absolute Gasteiger partial charge is 0.507 e. The number of benzene rings is 1. The molecule has 0 amide bonds. The molecule has 8 nitrogen and oxygen atoms in total. The highest BCUT2D eigenvalue weighted by Crippen LogP contribution is 2.35. The first-order valence-corrected chi connectivity index (χ1v) is 5.28. The van der Waals surface area contributed by atoms with E-state index in [1.54, 1.807) is 0 Å². The van der Waals surface area contributed by atoms with Gasteiger partial charge in [-0.1, -0.05) is 5.16 Å². The van der Waals surface area contributed by atoms with Crippen LogP contribution in [0.15, 0.2) is 22.7 Å². The lowest BCUT2D eigenvalue weighted by Crippen LogP contribution is -2.01. The molecule has 0 spiro atoms. The van der Waals surface area contributed by atoms with Crippen LogP contribution in [0.4, 0.5) is 0 Å². The van der Waals surface area contributed by atoms with Gasteiger partial charge < -0.3 is 24.6 Å². The summed E-state index contributed by atoms with van der Waals surface area (Å²) < 4.78 is 9.25. The highest BCUT2D eigenvalue weighted by atomic mass is 16.5. The Morgan fingerprint density at radius 1 is 1.20 bits per heavy atom. The first-order chi connectivity index (χ1) is 9.43. The Kier molecular flexibility index (Phi) is 3.30. The molecule has 0 aliphatic heterocycles. The van der Waals surface area contributed by atoms with Gasteiger partial charge >= 0.3 is 11.9 Å². The molecule has 0 aliphatic carbocycles. The zero-order chi connectivity index (χ0) is 14.9. The Balaban J connectivity index is 2.55. The number of phenolic OH excluding ortho intramolecular Hbond substituents is 2. The van der Waals surface area contributed by atoms with Crippen LogP contribution in [0.3, 0.4) is 0 Å². The molecule has 20 heavy (non-hydrogen) atoms. The van der Waals surface area contributed by atoms with Crippen molar-refractivity contribution < 1.29 is 34.2 Å². The summed E-state index contributed by atoms with van der Waals surface area (Å²) in [6.45, 7) is 0. The number of hydrogen-bond donors (Lipinski definition) is 3. The van der Waals surface area contributed by atoms with E-state index in [9.17, 15) is 19.8 Å². The van der Waals surface area contributed by atoms with Crippen molar-refractivity contribution in [3.63, 3.8) is 0 Å². The summed E-state index contributed by atoms with van der Waals surface area (Å²) in [4.78, 5) is 22.1. The van der Waals surface area contributed by atoms with Crippen molar-refractivity contribution >= 4 is 11.9 Å². The average molecular weight is 279 g/mol. The maximum Gasteiger partial charge on any atom is 0.358 e. The van der Waals surface area contributed by atoms with Gasteiger partial charge in [0.2, 0.25) is 0 Å². The number of aromatic hydroxyl groups is 2. The predicted octanol–water partition coefficient (Wildman–Crippen LogP) is 1.24. The van der Waals surface area contributed by atoms with E-state index in [4.69, 9.17) is 9.63 Å². The lowest BCUT2D eigenvalue weighted by molar-refractivity contribution is 0.0596. The number of aromatic nitrogens is 1. The lowest BCUT2D eigenvalue weighted by Gasteiger charge is -2.06. The number of ether oxygens (including phenoxy) is 1. The number of rotatable bonds is 3. The van der Waals surface area contributed by atoms with Crippen LogP contribution in [0, 0.1) is 0 Å². The lowest BCUT2D eigenvalue weighted by atomic mass is 10.1. The molecule has 0 radical (unpaired) electrons. The Bertz CT molecular complexity index is 689. The second-order valence-electron chi connectivity index (χ2n) is 3.76. The minimum atomic E-state index is -1.30. The fraction of sp³-hybridized carbons (Fsp3) is 0.0833. The van der Waals surface area contributed by atoms with Gasteiger partial charge in [-0.15, -0.1) is 0 Å². The van der Waals surface area contributed by atoms with Gasteiger partial charge in [-0.3, -0.25) is 0 Å². The third kappa shape index (κ3) is 2.26. The summed E-state index contributed by atoms with van der Waals surface area (Å²) in [5.74, 6) is -3.06. The molecular formula is C12H9NO7. The summed E-state index contributed by atoms with van der Waals surface area (Å²) in [7, 11) is 1.13. The van der Waals surface area contributed by atoms with Crippen molar-refractivity contribution in [3.8, 4) is 22.8 Å². The number of aromatic carboxylic acids is 1. The topological polar surface area (TPSA) is 130 Å². The Hall–Kier alpha value is -3.03. The van der Waals surface area contributed by atoms with Crippen LogP contribution >= 0.6 is 0 Å². The number of nitrogens with zero attached hydrogens (tertiary/aromatic N) is 1. The zero-order valence-electron chi connectivity index (χ0n) is 10.2. The van der Waals surface area contributed by atoms with E-state index >= 15 is 0 Å². The van der Waals surface area contributed by atoms with Crippen molar-refractivity contribution in [3.05, 3.63) is 29.5 Å². The van der Waals surface area contributed by atoms with Gasteiger partial charge in [0.1, 0.15) is 17.1 Å². The number of phenols is 2. The van der Waals surface area contributed by atoms with E-state index in [-0.39, 0.29) is 22.6 Å². The summed E-state index contributed by atoms with van der Waals surface area (Å²) in [5, 5.41) is 31.3. The predicted molar refractivity (Wildman–Crippen MR) is 63.6 cm³/mol. The van der Waals surface area contributed by atoms with E-state index in [1.165, 1.54) is 0 Å². The number of methoxy groups -OCH3 is 1. The van der Waals surface area contributed by atoms with Gasteiger partial charge in [0.15, 0.2) is 11.5 Å². The summed E-state index contributed by atoms with van der Waals surface area (Å²) in [6, 6.07) is 3.11. The number of carboxylic acid groups (broad SMARTS) is 1. The molecule has 2 aromatic rings. The van der Waals surface area contributed by atoms with Crippen molar-refractivity contribution in [1.82, 2.24) is 5.16 Å². The van der Waals surface area contributed by atoms with Crippen LogP contribution in [0.1, 0.15) is 20.8 Å². The first-order valence-electron chi connectivity index (χ1n) is 5.28. The van der Waals surface area contributed by atoms with Crippen LogP contribution in [0.25, 0.3) is 11.3 Å². The van der Waals surface area contributed by atoms with E-state index in [0.29, 0.717) is 0 Å². The Morgan fingerprint density at radius 2 is 1.90 bits per heavy atom. The number of hydrogen-bond acceptors (Lipinski definition) is 7. The molecule has 0 saturated carbocycles. The van der Waals surface area contributed by atoms with Crippen molar-refractivity contribution in [2.45, 2.75) is 0 Å². The smallest absolute Gasteiger partial charge is 0.358 e. The number of esters is 1. The molecule has 0 saturated heterocycles. The molecule has 104 valence electrons. The molecule has 0 aliphatic rings. The van der Waals surface area contributed by atoms with Crippen LogP contribution in [-0.2, 0) is 4.74 Å². The summed E-state index contributed by atoms with van der Waals surface area (Å²) >= 11 is 0. The quantitative estimate of drug-likeness (QED) is 0.715. The first kappa shape index (κ1) is 13.4. The molecule has 0 bridgehead atoms. The van der Waals surface area contributed by atoms with Crippen molar-refractivity contribution in [2.75, 3.05) is 7.11 Å². The molecule has 1 heterocycles. The summed E-state index contributed by atoms with van der Waals surface area (Å²) in [5.41, 5.74) is -0.552. The minimum Gasteiger partial charge on any atom is -0.507 e. The molecule has 2 rings (SSSR count). The second kappa shape index (κ2) is 4.92. The standard InChI is InChI=1S/C12H9NO7/c1-19-12(18)6-2-5(8(14)4-9(6)15)10-3-7(11(16)17)13-20-10/h2-4,14-15H,1H3,(H,16,17). The highest BCUT2D eigenvalue weighted by Gasteiger charge is 2.20. The average Bonchev–Trinajstić information content (AvgIpc) is 2.87. The molecule has 1 aromatic carbocycles. The molecule has 3 N–H and O–H groups in total. The third-order valence-electron chi connectivity index (χ3n) is 2.51. The van der Waals surface area contributed by atoms with Crippen LogP contribution in [0.5, 0.6) is 11.5 Å². The van der Waals surface area contributed by atoms with Gasteiger partial charge in [-0.25, -0.2) is 9.59 Å². The van der Waals surface area contributed by atoms with Gasteiger partial charge in [-0.05, 0) is 6.07 Å². The fourth-order valence-electron chi connectivity index (χ4n) is 1.55. The number of carbonyl (C=O) groups is 2. The molecule has 0 unspecified atom stereocenters. The maximum atomic E-state index is 11.4. The number of carbonyl (C=O) groups excluding carboxylic acids is 1. The van der Waals surface area contributed by atoms with Gasteiger partial charge in [-0.2, -0.15) is 0 Å². The third-order valence-corrected chi connectivity index (χ3v) is 2.51. The zero-order valence-corrected chi connectivity index (χ0v) is 10.2. The molecule has 1 aromatic heterocycles. The minimum absolute atomic E-state index is 0.00296. The van der Waals surface area contributed by atoms with E-state index < -0.39 is 23.4 Å². The Morgan fingerprint density at radius 3 is 2.45 bits per heavy atom. The van der Waals surface area contributed by atoms with E-state index in [1.807, 2.05) is 0 Å². The normalized spacial score (nSPS) is 10.2. The van der Waals surface area contributed by atoms with Crippen molar-refractivity contribution in [2.24, 2.45) is 0 Å². The van der Waals surface area contributed by atoms with E-state index in [2.05, 4.69) is 9.89 Å². The Labute approximate surface area is 111 Å². The molecular weight excluding hydrogens is 270 g/mol. The van der Waals surface area contributed by atoms with Gasteiger partial charge in [0.05, 0.1) is 12.7 Å². The van der Waals surface area contributed by atoms with E-state index in [0.717, 1.165) is 25.3 Å². The molecule has 0 fully saturated rings. The van der Waals surface area contributed by atoms with Crippen LogP contribution in [0.2, 0.25) is 0 Å². The monoisotopic (exact) mass is 279 g/mol. The second-order valence-corrected chi connectivity index (χ2v) is 3.76. The number of carboxylic acids is 1. The van der Waals surface area contributed by atoms with Crippen molar-refractivity contribution in [1.29, 1.82) is 0 Å². The molecule has 8 heteroatoms. The SMILES string of the molecule is COC(=O)c1cc(-c2cc(C(=O)O)no2)c(O)cc1O. The van der Waals surface area contributed by atoms with Crippen LogP contribution in [-0.4, -0.2) is 39.5 Å². The molecule has 0 atom stereocenters. The fourth-order valence-corrected chi connectivity index (χ4v) is 1.55. The summed E-state index contributed by atoms with van der Waals surface area (Å²) in [6.07, 6.45) is 0. The maximum absolute atomic E-state index is 11.4. The van der Waals surface area contributed by atoms with Crippen LogP contribution < -0.4 is 0 Å². The highest BCUT2D eigenvalue weighted by molar-refractivity contribution is 5.95. The van der Waals surface area contributed by atoms with Gasteiger partial charge in [0, 0.05) is 12.1 Å². The van der Waals surface area contributed by atoms with Gasteiger partial charge in [0.25, 0.3) is 0 Å².